The van der Waals surface area contributed by atoms with Crippen LogP contribution in [0.1, 0.15) is 38.7 Å². The Balaban J connectivity index is 2.22. The van der Waals surface area contributed by atoms with Crippen molar-refractivity contribution in [2.24, 2.45) is 5.92 Å². The lowest BCUT2D eigenvalue weighted by Gasteiger charge is -2.28. The van der Waals surface area contributed by atoms with Crippen molar-refractivity contribution in [1.29, 1.82) is 0 Å². The van der Waals surface area contributed by atoms with Gasteiger partial charge in [-0.1, -0.05) is 47.4 Å². The van der Waals surface area contributed by atoms with Gasteiger partial charge >= 0.3 is 0 Å². The molecular weight excluding hydrogens is 310 g/mol. The Morgan fingerprint density at radius 1 is 1.39 bits per heavy atom. The summed E-state index contributed by atoms with van der Waals surface area (Å²) in [6, 6.07) is 6.99. The average Bonchev–Trinajstić information content (AvgIpc) is 3.13. The van der Waals surface area contributed by atoms with E-state index in [1.54, 1.807) is 0 Å². The topological polar surface area (TPSA) is 3.24 Å². The van der Waals surface area contributed by atoms with Gasteiger partial charge in [0.1, 0.15) is 0 Å². The van der Waals surface area contributed by atoms with Crippen molar-refractivity contribution >= 4 is 33.2 Å². The highest BCUT2D eigenvalue weighted by Gasteiger charge is 2.30. The number of rotatable bonds is 6. The maximum absolute atomic E-state index is 6.30. The summed E-state index contributed by atoms with van der Waals surface area (Å²) < 4.78 is 0. The average molecular weight is 331 g/mol. The van der Waals surface area contributed by atoms with Gasteiger partial charge in [-0.15, -0.1) is 0 Å². The zero-order valence-corrected chi connectivity index (χ0v) is 13.5. The molecule has 100 valence electrons. The zero-order valence-electron chi connectivity index (χ0n) is 11.1. The second kappa shape index (κ2) is 6.29. The molecule has 1 fully saturated rings. The Morgan fingerprint density at radius 3 is 2.67 bits per heavy atom. The van der Waals surface area contributed by atoms with Crippen LogP contribution in [0, 0.1) is 5.92 Å². The van der Waals surface area contributed by atoms with Crippen LogP contribution in [0.3, 0.4) is 0 Å². The maximum atomic E-state index is 6.30. The monoisotopic (exact) mass is 329 g/mol. The molecule has 0 N–H and O–H groups in total. The van der Waals surface area contributed by atoms with E-state index < -0.39 is 0 Å². The zero-order chi connectivity index (χ0) is 13.1. The molecule has 0 radical (unpaired) electrons. The van der Waals surface area contributed by atoms with E-state index in [0.29, 0.717) is 0 Å². The van der Waals surface area contributed by atoms with Crippen LogP contribution in [-0.2, 0) is 5.33 Å². The third-order valence-electron chi connectivity index (χ3n) is 3.47. The molecule has 0 saturated heterocycles. The quantitative estimate of drug-likeness (QED) is 0.644. The van der Waals surface area contributed by atoms with E-state index in [1.807, 2.05) is 6.07 Å². The summed E-state index contributed by atoms with van der Waals surface area (Å²) in [4.78, 5) is 2.56. The van der Waals surface area contributed by atoms with Gasteiger partial charge in [-0.2, -0.15) is 0 Å². The lowest BCUT2D eigenvalue weighted by molar-refractivity contribution is 0.570. The van der Waals surface area contributed by atoms with Crippen LogP contribution in [-0.4, -0.2) is 12.6 Å². The summed E-state index contributed by atoms with van der Waals surface area (Å²) in [6.07, 6.45) is 3.89. The second-order valence-electron chi connectivity index (χ2n) is 5.48. The van der Waals surface area contributed by atoms with Gasteiger partial charge in [0.25, 0.3) is 0 Å². The van der Waals surface area contributed by atoms with E-state index in [2.05, 4.69) is 46.8 Å². The van der Waals surface area contributed by atoms with Crippen LogP contribution in [0.4, 0.5) is 5.69 Å². The predicted molar refractivity (Wildman–Crippen MR) is 83.9 cm³/mol. The number of hydrogen-bond acceptors (Lipinski definition) is 1. The van der Waals surface area contributed by atoms with E-state index in [0.717, 1.165) is 28.9 Å². The number of alkyl halides is 1. The molecule has 0 spiro atoms. The standard InChI is InChI=1S/C15H21BrClN/c1-11(2)8-9-18(12-6-7-12)15-5-3-4-14(17)13(15)10-16/h3-5,11-12H,6-10H2,1-2H3. The fourth-order valence-electron chi connectivity index (χ4n) is 2.23. The molecule has 1 nitrogen and oxygen atoms in total. The molecule has 1 aliphatic carbocycles. The van der Waals surface area contributed by atoms with E-state index in [9.17, 15) is 0 Å². The molecule has 0 unspecified atom stereocenters. The van der Waals surface area contributed by atoms with Gasteiger partial charge in [-0.05, 0) is 37.3 Å². The lowest BCUT2D eigenvalue weighted by Crippen LogP contribution is -2.28. The molecule has 1 aliphatic rings. The molecule has 1 saturated carbocycles. The smallest absolute Gasteiger partial charge is 0.0467 e. The predicted octanol–water partition coefficient (Wildman–Crippen LogP) is 5.25. The lowest BCUT2D eigenvalue weighted by atomic mass is 10.1. The molecule has 1 aromatic carbocycles. The van der Waals surface area contributed by atoms with Crippen molar-refractivity contribution in [3.05, 3.63) is 28.8 Å². The van der Waals surface area contributed by atoms with Crippen molar-refractivity contribution in [3.8, 4) is 0 Å². The molecule has 0 atom stereocenters. The van der Waals surface area contributed by atoms with E-state index in [4.69, 9.17) is 11.6 Å². The molecule has 0 aromatic heterocycles. The van der Waals surface area contributed by atoms with Gasteiger partial charge in [0.2, 0.25) is 0 Å². The van der Waals surface area contributed by atoms with Crippen LogP contribution < -0.4 is 4.90 Å². The second-order valence-corrected chi connectivity index (χ2v) is 6.45. The Hall–Kier alpha value is -0.210. The molecule has 3 heteroatoms. The van der Waals surface area contributed by atoms with Crippen LogP contribution in [0.25, 0.3) is 0 Å². The van der Waals surface area contributed by atoms with Crippen molar-refractivity contribution in [3.63, 3.8) is 0 Å². The summed E-state index contributed by atoms with van der Waals surface area (Å²) in [5, 5.41) is 1.70. The van der Waals surface area contributed by atoms with Gasteiger partial charge in [0.05, 0.1) is 0 Å². The highest BCUT2D eigenvalue weighted by Crippen LogP contribution is 2.37. The van der Waals surface area contributed by atoms with E-state index in [-0.39, 0.29) is 0 Å². The number of halogens is 2. The first kappa shape index (κ1) is 14.2. The number of anilines is 1. The summed E-state index contributed by atoms with van der Waals surface area (Å²) in [6.45, 7) is 5.71. The van der Waals surface area contributed by atoms with Crippen LogP contribution in [0.15, 0.2) is 18.2 Å². The first-order chi connectivity index (χ1) is 8.63. The molecule has 2 rings (SSSR count). The molecule has 0 amide bonds. The third-order valence-corrected chi connectivity index (χ3v) is 4.39. The normalized spacial score (nSPS) is 15.2. The van der Waals surface area contributed by atoms with E-state index in [1.165, 1.54) is 30.5 Å². The summed E-state index contributed by atoms with van der Waals surface area (Å²) in [5.74, 6) is 0.748. The molecular formula is C15H21BrClN. The van der Waals surface area contributed by atoms with Gasteiger partial charge in [0.15, 0.2) is 0 Å². The highest BCUT2D eigenvalue weighted by molar-refractivity contribution is 9.08. The highest BCUT2D eigenvalue weighted by atomic mass is 79.9. The Morgan fingerprint density at radius 2 is 2.11 bits per heavy atom. The van der Waals surface area contributed by atoms with Crippen molar-refractivity contribution in [2.45, 2.75) is 44.5 Å². The molecule has 0 bridgehead atoms. The van der Waals surface area contributed by atoms with Gasteiger partial charge in [-0.25, -0.2) is 0 Å². The fourth-order valence-corrected chi connectivity index (χ4v) is 3.22. The molecule has 0 aliphatic heterocycles. The minimum absolute atomic E-state index is 0.736. The molecule has 18 heavy (non-hydrogen) atoms. The first-order valence-corrected chi connectivity index (χ1v) is 8.23. The van der Waals surface area contributed by atoms with E-state index >= 15 is 0 Å². The van der Waals surface area contributed by atoms with Crippen LogP contribution in [0.5, 0.6) is 0 Å². The van der Waals surface area contributed by atoms with Crippen molar-refractivity contribution in [2.75, 3.05) is 11.4 Å². The molecule has 1 aromatic rings. The number of benzene rings is 1. The van der Waals surface area contributed by atoms with Crippen LogP contribution >= 0.6 is 27.5 Å². The van der Waals surface area contributed by atoms with Gasteiger partial charge < -0.3 is 4.90 Å². The summed E-state index contributed by atoms with van der Waals surface area (Å²) in [5.41, 5.74) is 2.55. The third kappa shape index (κ3) is 3.42. The minimum atomic E-state index is 0.736. The van der Waals surface area contributed by atoms with Gasteiger partial charge in [0, 0.05) is 34.2 Å². The SMILES string of the molecule is CC(C)CCN(c1cccc(Cl)c1CBr)C1CC1. The summed E-state index contributed by atoms with van der Waals surface area (Å²) >= 11 is 9.87. The van der Waals surface area contributed by atoms with Crippen LogP contribution in [0.2, 0.25) is 5.02 Å². The van der Waals surface area contributed by atoms with Crippen molar-refractivity contribution < 1.29 is 0 Å². The molecule has 0 heterocycles. The number of nitrogens with zero attached hydrogens (tertiary/aromatic N) is 1. The van der Waals surface area contributed by atoms with Crippen molar-refractivity contribution in [1.82, 2.24) is 0 Å². The summed E-state index contributed by atoms with van der Waals surface area (Å²) in [7, 11) is 0. The maximum Gasteiger partial charge on any atom is 0.0467 e. The minimum Gasteiger partial charge on any atom is -0.368 e. The fraction of sp³-hybridized carbons (Fsp3) is 0.600. The number of hydrogen-bond donors (Lipinski definition) is 0. The first-order valence-electron chi connectivity index (χ1n) is 6.73. The Labute approximate surface area is 124 Å². The Kier molecular flexibility index (Phi) is 4.97. The Bertz CT molecular complexity index is 401. The largest absolute Gasteiger partial charge is 0.368 e. The van der Waals surface area contributed by atoms with Gasteiger partial charge in [-0.3, -0.25) is 0 Å².